The lowest BCUT2D eigenvalue weighted by Gasteiger charge is -2.31. The normalized spacial score (nSPS) is 19.8. The summed E-state index contributed by atoms with van der Waals surface area (Å²) in [5, 5.41) is 11.3. The lowest BCUT2D eigenvalue weighted by Crippen LogP contribution is -2.42. The summed E-state index contributed by atoms with van der Waals surface area (Å²) < 4.78 is 22.2. The van der Waals surface area contributed by atoms with E-state index in [9.17, 15) is 14.7 Å². The van der Waals surface area contributed by atoms with E-state index in [0.29, 0.717) is 67.9 Å². The molecule has 0 aromatic heterocycles. The number of methoxy groups -OCH3 is 1. The molecule has 198 valence electrons. The number of carbonyl (C=O) groups is 2. The monoisotopic (exact) mass is 510 g/mol. The Bertz CT molecular complexity index is 1140. The molecule has 4 rings (SSSR count). The fourth-order valence-electron chi connectivity index (χ4n) is 4.67. The van der Waals surface area contributed by atoms with E-state index in [-0.39, 0.29) is 11.3 Å². The van der Waals surface area contributed by atoms with Gasteiger partial charge in [0.25, 0.3) is 11.7 Å². The first-order valence-corrected chi connectivity index (χ1v) is 12.6. The minimum atomic E-state index is -0.780. The van der Waals surface area contributed by atoms with Gasteiger partial charge in [-0.05, 0) is 55.8 Å². The van der Waals surface area contributed by atoms with E-state index in [4.69, 9.17) is 18.9 Å². The number of aliphatic hydroxyl groups excluding tert-OH is 1. The van der Waals surface area contributed by atoms with Gasteiger partial charge >= 0.3 is 0 Å². The van der Waals surface area contributed by atoms with Gasteiger partial charge in [-0.1, -0.05) is 6.07 Å². The van der Waals surface area contributed by atoms with Gasteiger partial charge in [-0.2, -0.15) is 0 Å². The van der Waals surface area contributed by atoms with Crippen molar-refractivity contribution in [2.45, 2.75) is 19.9 Å². The molecule has 1 atom stereocenters. The second-order valence-corrected chi connectivity index (χ2v) is 8.75. The maximum atomic E-state index is 13.3. The van der Waals surface area contributed by atoms with Crippen molar-refractivity contribution in [3.8, 4) is 17.2 Å². The van der Waals surface area contributed by atoms with E-state index >= 15 is 0 Å². The maximum Gasteiger partial charge on any atom is 0.295 e. The molecule has 2 heterocycles. The fourth-order valence-corrected chi connectivity index (χ4v) is 4.67. The lowest BCUT2D eigenvalue weighted by molar-refractivity contribution is -0.140. The Balaban J connectivity index is 1.77. The van der Waals surface area contributed by atoms with Gasteiger partial charge in [0.05, 0.1) is 45.2 Å². The van der Waals surface area contributed by atoms with Crippen LogP contribution in [0, 0.1) is 0 Å². The van der Waals surface area contributed by atoms with E-state index < -0.39 is 17.7 Å². The number of hydrogen-bond acceptors (Lipinski definition) is 8. The van der Waals surface area contributed by atoms with Crippen molar-refractivity contribution < 1.29 is 33.6 Å². The summed E-state index contributed by atoms with van der Waals surface area (Å²) >= 11 is 0. The number of nitrogens with zero attached hydrogens (tertiary/aromatic N) is 2. The number of Topliss-reactive ketones (excluding diaryl/α,β-unsaturated/α-hetero) is 1. The number of ether oxygens (including phenoxy) is 4. The molecule has 0 saturated carbocycles. The van der Waals surface area contributed by atoms with Crippen molar-refractivity contribution >= 4 is 17.4 Å². The summed E-state index contributed by atoms with van der Waals surface area (Å²) in [6.07, 6.45) is 0. The molecule has 2 fully saturated rings. The molecule has 2 aromatic carbocycles. The minimum Gasteiger partial charge on any atom is -0.507 e. The molecule has 2 aliphatic heterocycles. The topological polar surface area (TPSA) is 97.8 Å². The van der Waals surface area contributed by atoms with Crippen LogP contribution in [-0.4, -0.2) is 86.3 Å². The molecule has 2 aliphatic rings. The Hall–Kier alpha value is -3.56. The first-order valence-electron chi connectivity index (χ1n) is 12.6. The van der Waals surface area contributed by atoms with Crippen molar-refractivity contribution in [2.24, 2.45) is 0 Å². The largest absolute Gasteiger partial charge is 0.507 e. The van der Waals surface area contributed by atoms with Gasteiger partial charge in [0.2, 0.25) is 0 Å². The Kier molecular flexibility index (Phi) is 8.68. The SMILES string of the molecule is CCOc1ccc([C@H]2C(=C(O)c3ccc(OC)cc3)C(=O)C(=O)N2CCN2CCOCC2)cc1OCC. The molecule has 0 spiro atoms. The molecular weight excluding hydrogens is 476 g/mol. The van der Waals surface area contributed by atoms with Gasteiger partial charge in [0.15, 0.2) is 11.5 Å². The van der Waals surface area contributed by atoms with Crippen LogP contribution in [-0.2, 0) is 14.3 Å². The highest BCUT2D eigenvalue weighted by molar-refractivity contribution is 6.46. The zero-order chi connectivity index (χ0) is 26.4. The van der Waals surface area contributed by atoms with E-state index in [2.05, 4.69) is 4.90 Å². The zero-order valence-electron chi connectivity index (χ0n) is 21.6. The Labute approximate surface area is 217 Å². The zero-order valence-corrected chi connectivity index (χ0v) is 21.6. The van der Waals surface area contributed by atoms with Crippen LogP contribution in [0.2, 0.25) is 0 Å². The van der Waals surface area contributed by atoms with E-state index in [1.54, 1.807) is 43.5 Å². The van der Waals surface area contributed by atoms with Gasteiger partial charge < -0.3 is 29.0 Å². The Morgan fingerprint density at radius 3 is 2.30 bits per heavy atom. The summed E-state index contributed by atoms with van der Waals surface area (Å²) in [5.41, 5.74) is 1.12. The predicted molar refractivity (Wildman–Crippen MR) is 138 cm³/mol. The van der Waals surface area contributed by atoms with Crippen LogP contribution < -0.4 is 14.2 Å². The molecule has 0 bridgehead atoms. The molecule has 1 amide bonds. The third kappa shape index (κ3) is 5.73. The summed E-state index contributed by atoms with van der Waals surface area (Å²) in [6, 6.07) is 11.3. The number of hydrogen-bond donors (Lipinski definition) is 1. The first-order chi connectivity index (χ1) is 18.0. The average molecular weight is 511 g/mol. The first kappa shape index (κ1) is 26.5. The van der Waals surface area contributed by atoms with Crippen LogP contribution in [0.25, 0.3) is 5.76 Å². The number of carbonyl (C=O) groups excluding carboxylic acids is 2. The minimum absolute atomic E-state index is 0.0451. The number of benzene rings is 2. The highest BCUT2D eigenvalue weighted by atomic mass is 16.5. The Morgan fingerprint density at radius 1 is 0.973 bits per heavy atom. The van der Waals surface area contributed by atoms with Gasteiger partial charge in [0, 0.05) is 31.7 Å². The van der Waals surface area contributed by atoms with Crippen LogP contribution in [0.5, 0.6) is 17.2 Å². The molecule has 2 aromatic rings. The second kappa shape index (κ2) is 12.1. The quantitative estimate of drug-likeness (QED) is 0.296. The highest BCUT2D eigenvalue weighted by Gasteiger charge is 2.46. The van der Waals surface area contributed by atoms with Crippen molar-refractivity contribution in [2.75, 3.05) is 59.7 Å². The standard InChI is InChI=1S/C28H34N2O7/c1-4-36-22-11-8-20(18-23(22)37-5-2)25-24(26(31)19-6-9-21(34-3)10-7-19)27(32)28(33)30(25)13-12-29-14-16-35-17-15-29/h6-11,18,25,31H,4-5,12-17H2,1-3H3/t25-/m0/s1. The van der Waals surface area contributed by atoms with E-state index in [0.717, 1.165) is 13.1 Å². The van der Waals surface area contributed by atoms with Gasteiger partial charge in [0.1, 0.15) is 11.5 Å². The lowest BCUT2D eigenvalue weighted by atomic mass is 9.95. The number of ketones is 1. The molecule has 37 heavy (non-hydrogen) atoms. The number of morpholine rings is 1. The smallest absolute Gasteiger partial charge is 0.295 e. The van der Waals surface area contributed by atoms with E-state index in [1.165, 1.54) is 4.90 Å². The van der Waals surface area contributed by atoms with Crippen molar-refractivity contribution in [3.05, 3.63) is 59.2 Å². The average Bonchev–Trinajstić information content (AvgIpc) is 3.18. The van der Waals surface area contributed by atoms with Crippen molar-refractivity contribution in [3.63, 3.8) is 0 Å². The third-order valence-electron chi connectivity index (χ3n) is 6.55. The van der Waals surface area contributed by atoms with Gasteiger partial charge in [-0.15, -0.1) is 0 Å². The second-order valence-electron chi connectivity index (χ2n) is 8.75. The molecule has 9 nitrogen and oxygen atoms in total. The third-order valence-corrected chi connectivity index (χ3v) is 6.55. The van der Waals surface area contributed by atoms with Crippen LogP contribution >= 0.6 is 0 Å². The summed E-state index contributed by atoms with van der Waals surface area (Å²) in [6.45, 7) is 8.36. The maximum absolute atomic E-state index is 13.3. The Morgan fingerprint density at radius 2 is 1.65 bits per heavy atom. The van der Waals surface area contributed by atoms with Crippen LogP contribution in [0.1, 0.15) is 31.0 Å². The van der Waals surface area contributed by atoms with Crippen LogP contribution in [0.15, 0.2) is 48.0 Å². The number of aliphatic hydroxyl groups is 1. The molecule has 9 heteroatoms. The number of likely N-dealkylation sites (tertiary alicyclic amines) is 1. The molecule has 1 N–H and O–H groups in total. The molecule has 2 saturated heterocycles. The number of amides is 1. The number of rotatable bonds is 10. The summed E-state index contributed by atoms with van der Waals surface area (Å²) in [4.78, 5) is 30.4. The van der Waals surface area contributed by atoms with E-state index in [1.807, 2.05) is 19.9 Å². The van der Waals surface area contributed by atoms with Crippen LogP contribution in [0.3, 0.4) is 0 Å². The molecular formula is C28H34N2O7. The summed E-state index contributed by atoms with van der Waals surface area (Å²) in [7, 11) is 1.55. The molecule has 0 radical (unpaired) electrons. The summed E-state index contributed by atoms with van der Waals surface area (Å²) in [5.74, 6) is 0.129. The highest BCUT2D eigenvalue weighted by Crippen LogP contribution is 2.42. The molecule has 0 unspecified atom stereocenters. The van der Waals surface area contributed by atoms with Crippen molar-refractivity contribution in [1.82, 2.24) is 9.80 Å². The van der Waals surface area contributed by atoms with Gasteiger partial charge in [-0.25, -0.2) is 0 Å². The van der Waals surface area contributed by atoms with Crippen LogP contribution in [0.4, 0.5) is 0 Å². The predicted octanol–water partition coefficient (Wildman–Crippen LogP) is 3.25. The molecule has 0 aliphatic carbocycles. The fraction of sp³-hybridized carbons (Fsp3) is 0.429. The van der Waals surface area contributed by atoms with Crippen molar-refractivity contribution in [1.29, 1.82) is 0 Å². The van der Waals surface area contributed by atoms with Gasteiger partial charge in [-0.3, -0.25) is 14.5 Å².